The van der Waals surface area contributed by atoms with Crippen molar-refractivity contribution in [1.82, 2.24) is 0 Å². The summed E-state index contributed by atoms with van der Waals surface area (Å²) in [5.74, 6) is 1.78. The summed E-state index contributed by atoms with van der Waals surface area (Å²) in [5.41, 5.74) is 9.33. The Morgan fingerprint density at radius 1 is 1.44 bits per heavy atom. The number of benzene rings is 1. The molecule has 1 aromatic rings. The maximum absolute atomic E-state index is 12.7. The summed E-state index contributed by atoms with van der Waals surface area (Å²) in [7, 11) is -2.49. The van der Waals surface area contributed by atoms with E-state index >= 15 is 0 Å². The Morgan fingerprint density at radius 2 is 2.12 bits per heavy atom. The van der Waals surface area contributed by atoms with E-state index in [0.29, 0.717) is 6.16 Å². The molecule has 16 heavy (non-hydrogen) atoms. The third kappa shape index (κ3) is 1.90. The highest BCUT2D eigenvalue weighted by Crippen LogP contribution is 2.53. The van der Waals surface area contributed by atoms with E-state index in [1.54, 1.807) is 5.82 Å². The van der Waals surface area contributed by atoms with Crippen LogP contribution in [0.5, 0.6) is 0 Å². The average molecular weight is 233 g/mol. The molecule has 0 amide bonds. The Hall–Kier alpha value is -1.50. The predicted octanol–water partition coefficient (Wildman–Crippen LogP) is 3.27. The molecular formula is C11H12N3OP. The van der Waals surface area contributed by atoms with Crippen LogP contribution in [0.4, 0.5) is 0 Å². The maximum atomic E-state index is 12.7. The molecule has 0 bridgehead atoms. The molecule has 0 aromatic heterocycles. The molecule has 5 heteroatoms. The topological polar surface area (TPSA) is 65.8 Å². The summed E-state index contributed by atoms with van der Waals surface area (Å²) >= 11 is 0. The molecule has 1 heterocycles. The summed E-state index contributed by atoms with van der Waals surface area (Å²) in [6, 6.07) is 9.12. The normalized spacial score (nSPS) is 28.3. The van der Waals surface area contributed by atoms with Crippen molar-refractivity contribution in [2.45, 2.75) is 13.0 Å². The van der Waals surface area contributed by atoms with E-state index in [1.807, 2.05) is 37.3 Å². The smallest absolute Gasteiger partial charge is 0.137 e. The minimum Gasteiger partial charge on any atom is -0.314 e. The van der Waals surface area contributed by atoms with Crippen LogP contribution in [0.2, 0.25) is 0 Å². The molecule has 0 radical (unpaired) electrons. The fraction of sp³-hybridized carbons (Fsp3) is 0.273. The molecule has 0 saturated heterocycles. The first kappa shape index (κ1) is 11.0. The van der Waals surface area contributed by atoms with E-state index in [-0.39, 0.29) is 6.04 Å². The molecule has 0 aliphatic carbocycles. The number of hydrogen-bond acceptors (Lipinski definition) is 2. The summed E-state index contributed by atoms with van der Waals surface area (Å²) < 4.78 is 12.7. The van der Waals surface area contributed by atoms with Crippen LogP contribution >= 0.6 is 7.14 Å². The molecule has 1 aliphatic rings. The maximum Gasteiger partial charge on any atom is 0.137 e. The van der Waals surface area contributed by atoms with Crippen molar-refractivity contribution in [3.63, 3.8) is 0 Å². The van der Waals surface area contributed by atoms with Gasteiger partial charge >= 0.3 is 0 Å². The highest BCUT2D eigenvalue weighted by Gasteiger charge is 2.33. The highest BCUT2D eigenvalue weighted by atomic mass is 31.2. The molecule has 1 aromatic carbocycles. The van der Waals surface area contributed by atoms with Crippen LogP contribution in [0, 0.1) is 0 Å². The molecule has 0 spiro atoms. The summed E-state index contributed by atoms with van der Waals surface area (Å²) in [6.07, 6.45) is 0.424. The monoisotopic (exact) mass is 233 g/mol. The largest absolute Gasteiger partial charge is 0.314 e. The van der Waals surface area contributed by atoms with Gasteiger partial charge in [-0.2, -0.15) is 0 Å². The lowest BCUT2D eigenvalue weighted by Crippen LogP contribution is -2.09. The Labute approximate surface area is 94.0 Å². The van der Waals surface area contributed by atoms with Crippen LogP contribution in [-0.4, -0.2) is 12.2 Å². The average Bonchev–Trinajstić information content (AvgIpc) is 2.57. The van der Waals surface area contributed by atoms with E-state index < -0.39 is 7.14 Å². The van der Waals surface area contributed by atoms with Crippen molar-refractivity contribution in [3.05, 3.63) is 52.2 Å². The molecule has 0 saturated carbocycles. The minimum absolute atomic E-state index is 0.254. The van der Waals surface area contributed by atoms with Crippen molar-refractivity contribution < 1.29 is 4.57 Å². The number of nitrogens with zero attached hydrogens (tertiary/aromatic N) is 3. The molecule has 0 N–H and O–H groups in total. The van der Waals surface area contributed by atoms with E-state index in [0.717, 1.165) is 10.9 Å². The third-order valence-corrected chi connectivity index (χ3v) is 5.65. The molecule has 4 nitrogen and oxygen atoms in total. The Kier molecular flexibility index (Phi) is 2.86. The number of rotatable bonds is 2. The first-order valence-corrected chi connectivity index (χ1v) is 7.00. The van der Waals surface area contributed by atoms with Crippen LogP contribution < -0.4 is 5.30 Å². The zero-order chi connectivity index (χ0) is 11.6. The molecule has 2 unspecified atom stereocenters. The van der Waals surface area contributed by atoms with Crippen molar-refractivity contribution in [2.24, 2.45) is 5.11 Å². The van der Waals surface area contributed by atoms with Crippen LogP contribution in [-0.2, 0) is 4.57 Å². The van der Waals surface area contributed by atoms with Gasteiger partial charge in [0.05, 0.1) is 6.04 Å². The van der Waals surface area contributed by atoms with Gasteiger partial charge in [0.2, 0.25) is 0 Å². The van der Waals surface area contributed by atoms with Gasteiger partial charge in [-0.3, -0.25) is 0 Å². The van der Waals surface area contributed by atoms with Gasteiger partial charge in [-0.25, -0.2) is 0 Å². The summed E-state index contributed by atoms with van der Waals surface area (Å²) in [6.45, 7) is 1.86. The number of azide groups is 1. The van der Waals surface area contributed by atoms with E-state index in [1.165, 1.54) is 0 Å². The highest BCUT2D eigenvalue weighted by molar-refractivity contribution is 7.74. The Balaban J connectivity index is 2.38. The second-order valence-electron chi connectivity index (χ2n) is 3.91. The summed E-state index contributed by atoms with van der Waals surface area (Å²) in [4.78, 5) is 2.79. The zero-order valence-electron chi connectivity index (χ0n) is 8.95. The van der Waals surface area contributed by atoms with Crippen molar-refractivity contribution in [3.8, 4) is 0 Å². The fourth-order valence-corrected chi connectivity index (χ4v) is 4.77. The Bertz CT molecular complexity index is 517. The standard InChI is InChI=1S/C11H12N3OP/c1-9-7-16(15,8-11(9)13-14-12)10-5-3-2-4-6-10/h2-7,11H,8H2,1H3. The fourth-order valence-electron chi connectivity index (χ4n) is 1.92. The molecular weight excluding hydrogens is 221 g/mol. The van der Waals surface area contributed by atoms with Crippen molar-refractivity contribution in [2.75, 3.05) is 6.16 Å². The van der Waals surface area contributed by atoms with E-state index in [4.69, 9.17) is 5.53 Å². The van der Waals surface area contributed by atoms with Gasteiger partial charge in [0, 0.05) is 16.4 Å². The third-order valence-electron chi connectivity index (χ3n) is 2.77. The lowest BCUT2D eigenvalue weighted by Gasteiger charge is -2.10. The molecule has 2 rings (SSSR count). The van der Waals surface area contributed by atoms with Gasteiger partial charge in [0.25, 0.3) is 0 Å². The first-order chi connectivity index (χ1) is 7.65. The van der Waals surface area contributed by atoms with Crippen molar-refractivity contribution in [1.29, 1.82) is 0 Å². The van der Waals surface area contributed by atoms with Crippen LogP contribution in [0.15, 0.2) is 46.8 Å². The second kappa shape index (κ2) is 4.17. The lowest BCUT2D eigenvalue weighted by molar-refractivity contribution is 0.586. The first-order valence-electron chi connectivity index (χ1n) is 5.04. The second-order valence-corrected chi connectivity index (χ2v) is 6.64. The van der Waals surface area contributed by atoms with Crippen LogP contribution in [0.25, 0.3) is 10.4 Å². The van der Waals surface area contributed by atoms with Gasteiger partial charge in [-0.05, 0) is 18.3 Å². The quantitative estimate of drug-likeness (QED) is 0.334. The van der Waals surface area contributed by atoms with Gasteiger partial charge in [0.1, 0.15) is 7.14 Å². The van der Waals surface area contributed by atoms with Gasteiger partial charge in [0.15, 0.2) is 0 Å². The molecule has 0 fully saturated rings. The summed E-state index contributed by atoms with van der Waals surface area (Å²) in [5, 5.41) is 4.50. The van der Waals surface area contributed by atoms with Gasteiger partial charge in [-0.1, -0.05) is 41.0 Å². The molecule has 82 valence electrons. The zero-order valence-corrected chi connectivity index (χ0v) is 9.84. The minimum atomic E-state index is -2.49. The SMILES string of the molecule is CC1=CP(=O)(c2ccccc2)CC1N=[N+]=[N-]. The van der Waals surface area contributed by atoms with Crippen LogP contribution in [0.1, 0.15) is 6.92 Å². The van der Waals surface area contributed by atoms with E-state index in [9.17, 15) is 4.57 Å². The molecule has 1 aliphatic heterocycles. The van der Waals surface area contributed by atoms with Gasteiger partial charge in [-0.15, -0.1) is 0 Å². The van der Waals surface area contributed by atoms with Gasteiger partial charge < -0.3 is 4.57 Å². The Morgan fingerprint density at radius 3 is 2.75 bits per heavy atom. The van der Waals surface area contributed by atoms with Crippen LogP contribution in [0.3, 0.4) is 0 Å². The predicted molar refractivity (Wildman–Crippen MR) is 65.2 cm³/mol. The van der Waals surface area contributed by atoms with Crippen molar-refractivity contribution >= 4 is 12.4 Å². The lowest BCUT2D eigenvalue weighted by atomic mass is 10.2. The van der Waals surface area contributed by atoms with E-state index in [2.05, 4.69) is 10.0 Å². The number of hydrogen-bond donors (Lipinski definition) is 0. The molecule has 2 atom stereocenters.